The molecule has 1 aliphatic rings. The average Bonchev–Trinajstić information content (AvgIpc) is 3.08. The molecule has 3 nitrogen and oxygen atoms in total. The van der Waals surface area contributed by atoms with Crippen molar-refractivity contribution in [3.63, 3.8) is 0 Å². The van der Waals surface area contributed by atoms with E-state index >= 15 is 0 Å². The normalized spacial score (nSPS) is 17.2. The lowest BCUT2D eigenvalue weighted by molar-refractivity contribution is 0.110. The van der Waals surface area contributed by atoms with E-state index in [1.807, 2.05) is 42.5 Å². The molecule has 1 fully saturated rings. The largest absolute Gasteiger partial charge is 0.486 e. The van der Waals surface area contributed by atoms with E-state index in [2.05, 4.69) is 5.32 Å². The van der Waals surface area contributed by atoms with Gasteiger partial charge in [0.25, 0.3) is 0 Å². The first-order chi connectivity index (χ1) is 11.7. The Morgan fingerprint density at radius 1 is 1.08 bits per heavy atom. The van der Waals surface area contributed by atoms with Gasteiger partial charge in [0.05, 0.1) is 16.1 Å². The Hall–Kier alpha value is -1.26. The van der Waals surface area contributed by atoms with Crippen molar-refractivity contribution in [2.24, 2.45) is 0 Å². The summed E-state index contributed by atoms with van der Waals surface area (Å²) >= 11 is 12.7. The summed E-state index contributed by atoms with van der Waals surface area (Å²) in [5, 5.41) is 4.46. The summed E-state index contributed by atoms with van der Waals surface area (Å²) in [7, 11) is 0. The molecule has 128 valence electrons. The summed E-state index contributed by atoms with van der Waals surface area (Å²) in [5.41, 5.74) is 2.11. The van der Waals surface area contributed by atoms with Crippen molar-refractivity contribution in [3.05, 3.63) is 63.6 Å². The average molecular weight is 366 g/mol. The summed E-state index contributed by atoms with van der Waals surface area (Å²) in [6, 6.07) is 13.7. The second-order valence-electron chi connectivity index (χ2n) is 5.93. The van der Waals surface area contributed by atoms with Crippen LogP contribution in [0.25, 0.3) is 0 Å². The van der Waals surface area contributed by atoms with Crippen LogP contribution in [0.2, 0.25) is 10.0 Å². The van der Waals surface area contributed by atoms with Gasteiger partial charge in [0.15, 0.2) is 5.75 Å². The van der Waals surface area contributed by atoms with Crippen molar-refractivity contribution in [2.75, 3.05) is 13.2 Å². The maximum Gasteiger partial charge on any atom is 0.156 e. The molecule has 0 aromatic heterocycles. The van der Waals surface area contributed by atoms with E-state index in [1.54, 1.807) is 0 Å². The van der Waals surface area contributed by atoms with Crippen LogP contribution in [0.4, 0.5) is 0 Å². The molecule has 24 heavy (non-hydrogen) atoms. The van der Waals surface area contributed by atoms with E-state index in [-0.39, 0.29) is 0 Å². The van der Waals surface area contributed by atoms with E-state index < -0.39 is 0 Å². The highest BCUT2D eigenvalue weighted by molar-refractivity contribution is 6.37. The van der Waals surface area contributed by atoms with Crippen molar-refractivity contribution < 1.29 is 9.47 Å². The molecule has 0 unspecified atom stereocenters. The lowest BCUT2D eigenvalue weighted by Gasteiger charge is -2.14. The Labute approximate surface area is 152 Å². The SMILES string of the molecule is Clc1cc(CNC[C@H]2CCCO2)cc(Cl)c1OCc1ccccc1. The molecule has 0 saturated carbocycles. The smallest absolute Gasteiger partial charge is 0.156 e. The molecular weight excluding hydrogens is 345 g/mol. The molecule has 2 aromatic rings. The molecule has 2 aromatic carbocycles. The van der Waals surface area contributed by atoms with Gasteiger partial charge in [-0.1, -0.05) is 53.5 Å². The van der Waals surface area contributed by atoms with Crippen molar-refractivity contribution in [1.82, 2.24) is 5.32 Å². The maximum absolute atomic E-state index is 6.35. The first-order valence-corrected chi connectivity index (χ1v) is 8.95. The van der Waals surface area contributed by atoms with Crippen LogP contribution >= 0.6 is 23.2 Å². The minimum absolute atomic E-state index is 0.324. The maximum atomic E-state index is 6.35. The zero-order valence-electron chi connectivity index (χ0n) is 13.4. The number of hydrogen-bond donors (Lipinski definition) is 1. The van der Waals surface area contributed by atoms with Gasteiger partial charge in [-0.2, -0.15) is 0 Å². The van der Waals surface area contributed by atoms with Gasteiger partial charge in [-0.05, 0) is 36.1 Å². The number of nitrogens with one attached hydrogen (secondary N) is 1. The van der Waals surface area contributed by atoms with Gasteiger partial charge in [-0.3, -0.25) is 0 Å². The highest BCUT2D eigenvalue weighted by atomic mass is 35.5. The van der Waals surface area contributed by atoms with Crippen LogP contribution in [0.3, 0.4) is 0 Å². The van der Waals surface area contributed by atoms with E-state index in [9.17, 15) is 0 Å². The summed E-state index contributed by atoms with van der Waals surface area (Å²) in [4.78, 5) is 0. The second-order valence-corrected chi connectivity index (χ2v) is 6.74. The fourth-order valence-corrected chi connectivity index (χ4v) is 3.41. The molecule has 0 spiro atoms. The number of ether oxygens (including phenoxy) is 2. The Morgan fingerprint density at radius 3 is 2.50 bits per heavy atom. The first kappa shape index (κ1) is 17.6. The summed E-state index contributed by atoms with van der Waals surface area (Å²) in [6.07, 6.45) is 2.60. The second kappa shape index (κ2) is 8.72. The lowest BCUT2D eigenvalue weighted by atomic mass is 10.2. The predicted molar refractivity (Wildman–Crippen MR) is 97.9 cm³/mol. The summed E-state index contributed by atoms with van der Waals surface area (Å²) in [5.74, 6) is 0.532. The minimum atomic E-state index is 0.324. The topological polar surface area (TPSA) is 30.5 Å². The molecule has 0 aliphatic carbocycles. The zero-order valence-corrected chi connectivity index (χ0v) is 14.9. The molecule has 1 saturated heterocycles. The fraction of sp³-hybridized carbons (Fsp3) is 0.368. The molecule has 0 radical (unpaired) electrons. The van der Waals surface area contributed by atoms with Crippen molar-refractivity contribution in [3.8, 4) is 5.75 Å². The van der Waals surface area contributed by atoms with Crippen molar-refractivity contribution in [1.29, 1.82) is 0 Å². The summed E-state index contributed by atoms with van der Waals surface area (Å²) < 4.78 is 11.4. The molecule has 1 aliphatic heterocycles. The van der Waals surface area contributed by atoms with Gasteiger partial charge >= 0.3 is 0 Å². The van der Waals surface area contributed by atoms with Gasteiger partial charge in [-0.15, -0.1) is 0 Å². The number of hydrogen-bond acceptors (Lipinski definition) is 3. The Kier molecular flexibility index (Phi) is 6.38. The van der Waals surface area contributed by atoms with Crippen LogP contribution in [0, 0.1) is 0 Å². The third-order valence-electron chi connectivity index (χ3n) is 4.01. The minimum Gasteiger partial charge on any atom is -0.486 e. The molecule has 1 N–H and O–H groups in total. The van der Waals surface area contributed by atoms with E-state index in [0.717, 1.165) is 37.1 Å². The first-order valence-electron chi connectivity index (χ1n) is 8.19. The van der Waals surface area contributed by atoms with Gasteiger partial charge < -0.3 is 14.8 Å². The van der Waals surface area contributed by atoms with Crippen LogP contribution < -0.4 is 10.1 Å². The van der Waals surface area contributed by atoms with Gasteiger partial charge in [0.1, 0.15) is 6.61 Å². The van der Waals surface area contributed by atoms with E-state index in [4.69, 9.17) is 32.7 Å². The monoisotopic (exact) mass is 365 g/mol. The molecule has 0 amide bonds. The lowest BCUT2D eigenvalue weighted by Crippen LogP contribution is -2.25. The Morgan fingerprint density at radius 2 is 1.83 bits per heavy atom. The van der Waals surface area contributed by atoms with Crippen molar-refractivity contribution in [2.45, 2.75) is 32.1 Å². The Bertz CT molecular complexity index is 635. The number of halogens is 2. The van der Waals surface area contributed by atoms with Gasteiger partial charge in [-0.25, -0.2) is 0 Å². The van der Waals surface area contributed by atoms with Gasteiger partial charge in [0.2, 0.25) is 0 Å². The van der Waals surface area contributed by atoms with Crippen LogP contribution in [-0.2, 0) is 17.9 Å². The third kappa shape index (κ3) is 4.87. The standard InChI is InChI=1S/C19H21Cl2NO2/c20-17-9-15(11-22-12-16-7-4-8-23-16)10-18(21)19(17)24-13-14-5-2-1-3-6-14/h1-3,5-6,9-10,16,22H,4,7-8,11-13H2/t16-/m1/s1. The molecule has 1 atom stereocenters. The molecule has 1 heterocycles. The van der Waals surface area contributed by atoms with E-state index in [1.165, 1.54) is 0 Å². The molecule has 0 bridgehead atoms. The molecule has 5 heteroatoms. The highest BCUT2D eigenvalue weighted by Crippen LogP contribution is 2.34. The highest BCUT2D eigenvalue weighted by Gasteiger charge is 2.15. The third-order valence-corrected chi connectivity index (χ3v) is 4.57. The van der Waals surface area contributed by atoms with Crippen LogP contribution in [0.15, 0.2) is 42.5 Å². The molecule has 3 rings (SSSR count). The fourth-order valence-electron chi connectivity index (χ4n) is 2.76. The zero-order chi connectivity index (χ0) is 16.8. The summed E-state index contributed by atoms with van der Waals surface area (Å²) in [6.45, 7) is 2.87. The van der Waals surface area contributed by atoms with Crippen LogP contribution in [-0.4, -0.2) is 19.3 Å². The van der Waals surface area contributed by atoms with Crippen LogP contribution in [0.1, 0.15) is 24.0 Å². The predicted octanol–water partition coefficient (Wildman–Crippen LogP) is 4.84. The van der Waals surface area contributed by atoms with Crippen molar-refractivity contribution >= 4 is 23.2 Å². The number of rotatable bonds is 7. The van der Waals surface area contributed by atoms with Gasteiger partial charge in [0, 0.05) is 19.7 Å². The Balaban J connectivity index is 1.56. The van der Waals surface area contributed by atoms with Crippen LogP contribution in [0.5, 0.6) is 5.75 Å². The van der Waals surface area contributed by atoms with E-state index in [0.29, 0.717) is 35.1 Å². The number of benzene rings is 2. The quantitative estimate of drug-likeness (QED) is 0.761. The molecular formula is C19H21Cl2NO2.